The molecule has 0 unspecified atom stereocenters. The molecule has 0 spiro atoms. The maximum Gasteiger partial charge on any atom is 0.193 e. The highest BCUT2D eigenvalue weighted by Crippen LogP contribution is 2.31. The zero-order chi connectivity index (χ0) is 22.1. The van der Waals surface area contributed by atoms with E-state index >= 15 is 0 Å². The number of halogens is 2. The van der Waals surface area contributed by atoms with Crippen molar-refractivity contribution in [3.8, 4) is 5.82 Å². The van der Waals surface area contributed by atoms with Gasteiger partial charge in [-0.15, -0.1) is 4.80 Å². The van der Waals surface area contributed by atoms with E-state index in [9.17, 15) is 4.79 Å². The lowest BCUT2D eigenvalue weighted by molar-refractivity contribution is -0.117. The molecule has 0 saturated carbocycles. The van der Waals surface area contributed by atoms with Crippen molar-refractivity contribution in [3.05, 3.63) is 63.9 Å². The van der Waals surface area contributed by atoms with Gasteiger partial charge in [-0.2, -0.15) is 15.3 Å². The number of hydrogen-bond donors (Lipinski definition) is 0. The molecule has 0 aromatic carbocycles. The van der Waals surface area contributed by atoms with Crippen molar-refractivity contribution >= 4 is 34.6 Å². The van der Waals surface area contributed by atoms with Crippen molar-refractivity contribution in [1.29, 1.82) is 0 Å². The molecule has 1 aliphatic heterocycles. The van der Waals surface area contributed by atoms with E-state index in [-0.39, 0.29) is 24.5 Å². The van der Waals surface area contributed by atoms with Crippen LogP contribution in [0.1, 0.15) is 35.6 Å². The first-order valence-electron chi connectivity index (χ1n) is 10.2. The Labute approximate surface area is 193 Å². The Morgan fingerprint density at radius 1 is 1.06 bits per heavy atom. The van der Waals surface area contributed by atoms with E-state index in [1.165, 1.54) is 4.80 Å². The minimum absolute atomic E-state index is 0.0283. The van der Waals surface area contributed by atoms with Gasteiger partial charge in [0.1, 0.15) is 5.78 Å². The zero-order valence-electron chi connectivity index (χ0n) is 17.0. The van der Waals surface area contributed by atoms with Crippen molar-refractivity contribution in [2.45, 2.75) is 31.6 Å². The molecule has 4 aromatic heterocycles. The fourth-order valence-corrected chi connectivity index (χ4v) is 4.48. The summed E-state index contributed by atoms with van der Waals surface area (Å²) in [5.74, 6) is 0.672. The van der Waals surface area contributed by atoms with E-state index in [1.54, 1.807) is 41.4 Å². The first kappa shape index (κ1) is 21.0. The Balaban J connectivity index is 1.39. The molecule has 1 aliphatic rings. The van der Waals surface area contributed by atoms with Crippen LogP contribution in [0.2, 0.25) is 10.2 Å². The number of fused-ring (bicyclic) bond motifs is 1. The third-order valence-corrected chi connectivity index (χ3v) is 5.92. The van der Waals surface area contributed by atoms with Gasteiger partial charge in [-0.3, -0.25) is 4.79 Å². The monoisotopic (exact) mass is 471 g/mol. The van der Waals surface area contributed by atoms with Gasteiger partial charge in [-0.05, 0) is 30.0 Å². The smallest absolute Gasteiger partial charge is 0.193 e. The minimum atomic E-state index is 0.0283. The van der Waals surface area contributed by atoms with Gasteiger partial charge in [0.25, 0.3) is 0 Å². The van der Waals surface area contributed by atoms with Crippen molar-refractivity contribution < 1.29 is 9.53 Å². The van der Waals surface area contributed by atoms with E-state index in [0.717, 1.165) is 29.7 Å². The number of rotatable bonds is 6. The maximum absolute atomic E-state index is 13.0. The number of nitrogens with zero attached hydrogens (tertiary/aromatic N) is 7. The number of pyridine rings is 1. The third-order valence-electron chi connectivity index (χ3n) is 5.45. The van der Waals surface area contributed by atoms with Gasteiger partial charge >= 0.3 is 0 Å². The first-order chi connectivity index (χ1) is 15.6. The van der Waals surface area contributed by atoms with Crippen LogP contribution < -0.4 is 0 Å². The first-order valence-corrected chi connectivity index (χ1v) is 11.0. The SMILES string of the molecule is O=C(Cc1cnc(-n2nccn2)c(Cl)c1)Cc1cnc2cc(Cl)nn2c1C1CCOCC1. The van der Waals surface area contributed by atoms with Crippen LogP contribution in [-0.4, -0.2) is 53.6 Å². The average Bonchev–Trinajstić information content (AvgIpc) is 3.43. The molecule has 1 fully saturated rings. The summed E-state index contributed by atoms with van der Waals surface area (Å²) >= 11 is 12.5. The van der Waals surface area contributed by atoms with Crippen LogP contribution in [0.25, 0.3) is 11.5 Å². The number of Topliss-reactive ketones (excluding diaryl/α,β-unsaturated/α-hetero) is 1. The summed E-state index contributed by atoms with van der Waals surface area (Å²) in [6.07, 6.45) is 8.62. The fraction of sp³-hybridized carbons (Fsp3) is 0.333. The molecule has 0 N–H and O–H groups in total. The topological polar surface area (TPSA) is 100 Å². The van der Waals surface area contributed by atoms with Gasteiger partial charge in [-0.25, -0.2) is 14.5 Å². The largest absolute Gasteiger partial charge is 0.381 e. The van der Waals surface area contributed by atoms with Gasteiger partial charge in [0.2, 0.25) is 0 Å². The normalized spacial score (nSPS) is 14.8. The second-order valence-corrected chi connectivity index (χ2v) is 8.45. The molecule has 32 heavy (non-hydrogen) atoms. The second-order valence-electron chi connectivity index (χ2n) is 7.65. The number of aromatic nitrogens is 7. The van der Waals surface area contributed by atoms with Gasteiger partial charge in [0, 0.05) is 50.4 Å². The Kier molecular flexibility index (Phi) is 5.86. The van der Waals surface area contributed by atoms with Gasteiger partial charge in [-0.1, -0.05) is 23.2 Å². The third kappa shape index (κ3) is 4.23. The number of hydrogen-bond acceptors (Lipinski definition) is 7. The highest BCUT2D eigenvalue weighted by Gasteiger charge is 2.24. The minimum Gasteiger partial charge on any atom is -0.381 e. The molecule has 0 bridgehead atoms. The Hall–Kier alpha value is -2.88. The molecule has 5 heterocycles. The molecule has 0 amide bonds. The molecule has 0 aliphatic carbocycles. The van der Waals surface area contributed by atoms with Crippen LogP contribution >= 0.6 is 23.2 Å². The molecular formula is C21H19Cl2N7O2. The molecular weight excluding hydrogens is 453 g/mol. The Morgan fingerprint density at radius 3 is 2.59 bits per heavy atom. The lowest BCUT2D eigenvalue weighted by atomic mass is 9.91. The number of carbonyl (C=O) groups excluding carboxylic acids is 1. The van der Waals surface area contributed by atoms with Crippen molar-refractivity contribution in [3.63, 3.8) is 0 Å². The predicted molar refractivity (Wildman–Crippen MR) is 117 cm³/mol. The standard InChI is InChI=1S/C21H19Cl2N7O2/c22-17-8-13(11-25-21(17)30-26-3-4-27-30)7-16(31)9-15-12-24-19-10-18(23)28-29(19)20(15)14-1-5-32-6-2-14/h3-4,8,10-12,14H,1-2,5-7,9H2. The second kappa shape index (κ2) is 8.93. The molecule has 5 rings (SSSR count). The Morgan fingerprint density at radius 2 is 1.84 bits per heavy atom. The van der Waals surface area contributed by atoms with Crippen molar-refractivity contribution in [2.75, 3.05) is 13.2 Å². The summed E-state index contributed by atoms with van der Waals surface area (Å²) in [6.45, 7) is 1.36. The summed E-state index contributed by atoms with van der Waals surface area (Å²) in [7, 11) is 0. The van der Waals surface area contributed by atoms with Crippen LogP contribution in [0.3, 0.4) is 0 Å². The summed E-state index contributed by atoms with van der Waals surface area (Å²) in [5, 5.41) is 13.2. The van der Waals surface area contributed by atoms with Crippen molar-refractivity contribution in [1.82, 2.24) is 34.6 Å². The molecule has 164 valence electrons. The molecule has 11 heteroatoms. The van der Waals surface area contributed by atoms with Crippen LogP contribution in [0.5, 0.6) is 0 Å². The number of carbonyl (C=O) groups is 1. The van der Waals surface area contributed by atoms with E-state index in [4.69, 9.17) is 27.9 Å². The number of ketones is 1. The van der Waals surface area contributed by atoms with E-state index < -0.39 is 0 Å². The summed E-state index contributed by atoms with van der Waals surface area (Å²) in [5.41, 5.74) is 3.23. The van der Waals surface area contributed by atoms with Crippen LogP contribution in [0.15, 0.2) is 36.9 Å². The molecule has 1 saturated heterocycles. The van der Waals surface area contributed by atoms with Crippen molar-refractivity contribution in [2.24, 2.45) is 0 Å². The average molecular weight is 472 g/mol. The fourth-order valence-electron chi connectivity index (χ4n) is 4.04. The molecule has 9 nitrogen and oxygen atoms in total. The van der Waals surface area contributed by atoms with Gasteiger partial charge in [0.05, 0.1) is 23.1 Å². The summed E-state index contributed by atoms with van der Waals surface area (Å²) in [4.78, 5) is 23.1. The number of ether oxygens (including phenoxy) is 1. The summed E-state index contributed by atoms with van der Waals surface area (Å²) in [6, 6.07) is 3.44. The maximum atomic E-state index is 13.0. The van der Waals surface area contributed by atoms with E-state index in [0.29, 0.717) is 34.9 Å². The molecule has 0 atom stereocenters. The lowest BCUT2D eigenvalue weighted by Gasteiger charge is -2.24. The highest BCUT2D eigenvalue weighted by atomic mass is 35.5. The summed E-state index contributed by atoms with van der Waals surface area (Å²) < 4.78 is 7.29. The molecule has 0 radical (unpaired) electrons. The van der Waals surface area contributed by atoms with Crippen LogP contribution in [0, 0.1) is 0 Å². The predicted octanol–water partition coefficient (Wildman–Crippen LogP) is 3.26. The Bertz CT molecular complexity index is 1270. The zero-order valence-corrected chi connectivity index (χ0v) is 18.5. The van der Waals surface area contributed by atoms with E-state index in [1.807, 2.05) is 0 Å². The van der Waals surface area contributed by atoms with Crippen LogP contribution in [0.4, 0.5) is 0 Å². The molecule has 4 aromatic rings. The highest BCUT2D eigenvalue weighted by molar-refractivity contribution is 6.32. The van der Waals surface area contributed by atoms with E-state index in [2.05, 4.69) is 25.3 Å². The van der Waals surface area contributed by atoms with Crippen LogP contribution in [-0.2, 0) is 22.4 Å². The van der Waals surface area contributed by atoms with Gasteiger partial charge in [0.15, 0.2) is 16.6 Å². The quantitative estimate of drug-likeness (QED) is 0.425. The van der Waals surface area contributed by atoms with Gasteiger partial charge < -0.3 is 4.74 Å². The lowest BCUT2D eigenvalue weighted by Crippen LogP contribution is -2.20.